The molecule has 0 radical (unpaired) electrons. The van der Waals surface area contributed by atoms with Crippen LogP contribution in [0.1, 0.15) is 31.4 Å². The number of phenolic OH excluding ortho intramolecular Hbond substituents is 1. The van der Waals surface area contributed by atoms with E-state index in [1.165, 1.54) is 5.56 Å². The van der Waals surface area contributed by atoms with E-state index in [0.717, 1.165) is 11.3 Å². The lowest BCUT2D eigenvalue weighted by molar-refractivity contribution is -0.136. The normalized spacial score (nSPS) is 18.5. The van der Waals surface area contributed by atoms with Crippen molar-refractivity contribution >= 4 is 17.7 Å². The average molecular weight is 337 g/mol. The molecule has 1 unspecified atom stereocenters. The summed E-state index contributed by atoms with van der Waals surface area (Å²) in [7, 11) is 0. The standard InChI is InChI=1S/C21H23NO3/c1-21(2)16-8-4-5-9-17(16)22(14-13-20(24)25)19(21)12-11-15-7-3-6-10-18(15)23/h3-12,19,23H,13-14H2,1-2H3,(H,24,25)/b12-11+. The smallest absolute Gasteiger partial charge is 0.305 e. The zero-order valence-corrected chi connectivity index (χ0v) is 14.5. The molecule has 2 N–H and O–H groups in total. The van der Waals surface area contributed by atoms with Gasteiger partial charge < -0.3 is 15.1 Å². The van der Waals surface area contributed by atoms with Crippen LogP contribution in [-0.2, 0) is 10.2 Å². The largest absolute Gasteiger partial charge is 0.507 e. The second kappa shape index (κ2) is 6.63. The Morgan fingerprint density at radius 1 is 1.16 bits per heavy atom. The molecular formula is C21H23NO3. The van der Waals surface area contributed by atoms with Gasteiger partial charge in [-0.05, 0) is 17.7 Å². The Morgan fingerprint density at radius 3 is 2.56 bits per heavy atom. The molecule has 1 atom stereocenters. The van der Waals surface area contributed by atoms with Gasteiger partial charge in [-0.1, -0.05) is 62.4 Å². The van der Waals surface area contributed by atoms with Crippen molar-refractivity contribution in [3.8, 4) is 5.75 Å². The molecule has 2 aromatic rings. The maximum absolute atomic E-state index is 11.1. The summed E-state index contributed by atoms with van der Waals surface area (Å²) >= 11 is 0. The number of carboxylic acid groups (broad SMARTS) is 1. The molecule has 1 heterocycles. The number of rotatable bonds is 5. The Bertz CT molecular complexity index is 810. The van der Waals surface area contributed by atoms with Gasteiger partial charge in [-0.3, -0.25) is 4.79 Å². The highest BCUT2D eigenvalue weighted by atomic mass is 16.4. The lowest BCUT2D eigenvalue weighted by Gasteiger charge is -2.32. The molecule has 25 heavy (non-hydrogen) atoms. The van der Waals surface area contributed by atoms with Gasteiger partial charge in [0.15, 0.2) is 0 Å². The maximum atomic E-state index is 11.1. The van der Waals surface area contributed by atoms with E-state index in [1.807, 2.05) is 36.4 Å². The molecule has 4 heteroatoms. The van der Waals surface area contributed by atoms with Crippen molar-refractivity contribution in [1.29, 1.82) is 0 Å². The third-order valence-electron chi connectivity index (χ3n) is 4.94. The minimum Gasteiger partial charge on any atom is -0.507 e. The maximum Gasteiger partial charge on any atom is 0.305 e. The topological polar surface area (TPSA) is 60.8 Å². The number of fused-ring (bicyclic) bond motifs is 1. The fourth-order valence-corrected chi connectivity index (χ4v) is 3.61. The number of para-hydroxylation sites is 2. The van der Waals surface area contributed by atoms with E-state index in [9.17, 15) is 9.90 Å². The molecule has 1 aliphatic heterocycles. The summed E-state index contributed by atoms with van der Waals surface area (Å²) in [5.74, 6) is -0.560. The summed E-state index contributed by atoms with van der Waals surface area (Å²) < 4.78 is 0. The Morgan fingerprint density at radius 2 is 1.84 bits per heavy atom. The van der Waals surface area contributed by atoms with Gasteiger partial charge in [-0.2, -0.15) is 0 Å². The first kappa shape index (κ1) is 17.1. The molecule has 2 aromatic carbocycles. The zero-order valence-electron chi connectivity index (χ0n) is 14.5. The molecule has 0 bridgehead atoms. The zero-order chi connectivity index (χ0) is 18.0. The summed E-state index contributed by atoms with van der Waals surface area (Å²) in [4.78, 5) is 13.2. The molecular weight excluding hydrogens is 314 g/mol. The number of phenols is 1. The monoisotopic (exact) mass is 337 g/mol. The van der Waals surface area contributed by atoms with Crippen LogP contribution in [0.2, 0.25) is 0 Å². The first-order chi connectivity index (χ1) is 11.9. The third-order valence-corrected chi connectivity index (χ3v) is 4.94. The van der Waals surface area contributed by atoms with Crippen molar-refractivity contribution in [1.82, 2.24) is 0 Å². The summed E-state index contributed by atoms with van der Waals surface area (Å²) in [6.45, 7) is 4.80. The first-order valence-corrected chi connectivity index (χ1v) is 8.45. The van der Waals surface area contributed by atoms with Gasteiger partial charge in [0.2, 0.25) is 0 Å². The molecule has 0 aliphatic carbocycles. The number of nitrogens with zero attached hydrogens (tertiary/aromatic N) is 1. The summed E-state index contributed by atoms with van der Waals surface area (Å²) in [6, 6.07) is 15.4. The molecule has 130 valence electrons. The van der Waals surface area contributed by atoms with Crippen LogP contribution in [0.25, 0.3) is 6.08 Å². The van der Waals surface area contributed by atoms with Gasteiger partial charge in [0.05, 0.1) is 12.5 Å². The minimum atomic E-state index is -0.800. The van der Waals surface area contributed by atoms with Crippen LogP contribution in [-0.4, -0.2) is 28.8 Å². The minimum absolute atomic E-state index is 0.0175. The molecule has 0 saturated carbocycles. The van der Waals surface area contributed by atoms with Gasteiger partial charge >= 0.3 is 5.97 Å². The number of carbonyl (C=O) groups is 1. The Hall–Kier alpha value is -2.75. The van der Waals surface area contributed by atoms with Crippen molar-refractivity contribution in [3.05, 3.63) is 65.7 Å². The van der Waals surface area contributed by atoms with Crippen LogP contribution in [0, 0.1) is 0 Å². The van der Waals surface area contributed by atoms with Crippen LogP contribution in [0.3, 0.4) is 0 Å². The van der Waals surface area contributed by atoms with Crippen molar-refractivity contribution in [2.75, 3.05) is 11.4 Å². The molecule has 0 aromatic heterocycles. The summed E-state index contributed by atoms with van der Waals surface area (Å²) in [6.07, 6.45) is 4.07. The SMILES string of the molecule is CC1(C)c2ccccc2N(CCC(=O)O)C1/C=C/c1ccccc1O. The van der Waals surface area contributed by atoms with E-state index >= 15 is 0 Å². The summed E-state index contributed by atoms with van der Waals surface area (Å²) in [5.41, 5.74) is 2.90. The van der Waals surface area contributed by atoms with Gasteiger partial charge in [0, 0.05) is 23.2 Å². The van der Waals surface area contributed by atoms with E-state index in [4.69, 9.17) is 5.11 Å². The predicted octanol–water partition coefficient (Wildman–Crippen LogP) is 4.05. The number of hydrogen-bond acceptors (Lipinski definition) is 3. The van der Waals surface area contributed by atoms with Gasteiger partial charge in [0.1, 0.15) is 5.75 Å². The lowest BCUT2D eigenvalue weighted by Crippen LogP contribution is -2.40. The first-order valence-electron chi connectivity index (χ1n) is 8.45. The van der Waals surface area contributed by atoms with Crippen LogP contribution in [0.15, 0.2) is 54.6 Å². The second-order valence-electron chi connectivity index (χ2n) is 6.94. The highest BCUT2D eigenvalue weighted by Gasteiger charge is 2.42. The number of benzene rings is 2. The van der Waals surface area contributed by atoms with E-state index in [1.54, 1.807) is 12.1 Å². The van der Waals surface area contributed by atoms with E-state index in [0.29, 0.717) is 6.54 Å². The van der Waals surface area contributed by atoms with Gasteiger partial charge in [-0.15, -0.1) is 0 Å². The number of carboxylic acids is 1. The molecule has 0 amide bonds. The van der Waals surface area contributed by atoms with Crippen LogP contribution >= 0.6 is 0 Å². The highest BCUT2D eigenvalue weighted by molar-refractivity contribution is 5.71. The predicted molar refractivity (Wildman–Crippen MR) is 100.0 cm³/mol. The molecule has 3 rings (SSSR count). The quantitative estimate of drug-likeness (QED) is 0.864. The van der Waals surface area contributed by atoms with Crippen molar-refractivity contribution in [3.63, 3.8) is 0 Å². The Kier molecular flexibility index (Phi) is 4.53. The number of aliphatic carboxylic acids is 1. The number of hydrogen-bond donors (Lipinski definition) is 2. The molecule has 1 aliphatic rings. The van der Waals surface area contributed by atoms with E-state index in [2.05, 4.69) is 30.9 Å². The number of aromatic hydroxyl groups is 1. The molecule has 0 spiro atoms. The highest BCUT2D eigenvalue weighted by Crippen LogP contribution is 2.45. The van der Waals surface area contributed by atoms with Gasteiger partial charge in [-0.25, -0.2) is 0 Å². The van der Waals surface area contributed by atoms with Crippen molar-refractivity contribution in [2.24, 2.45) is 0 Å². The Labute approximate surface area is 148 Å². The molecule has 0 fully saturated rings. The van der Waals surface area contributed by atoms with Crippen molar-refractivity contribution < 1.29 is 15.0 Å². The van der Waals surface area contributed by atoms with Gasteiger partial charge in [0.25, 0.3) is 0 Å². The molecule has 0 saturated heterocycles. The lowest BCUT2D eigenvalue weighted by atomic mass is 9.80. The second-order valence-corrected chi connectivity index (χ2v) is 6.94. The van der Waals surface area contributed by atoms with Crippen molar-refractivity contribution in [2.45, 2.75) is 31.7 Å². The van der Waals surface area contributed by atoms with Crippen LogP contribution in [0.5, 0.6) is 5.75 Å². The fourth-order valence-electron chi connectivity index (χ4n) is 3.61. The third kappa shape index (κ3) is 3.25. The van der Waals surface area contributed by atoms with E-state index in [-0.39, 0.29) is 23.6 Å². The van der Waals surface area contributed by atoms with E-state index < -0.39 is 5.97 Å². The van der Waals surface area contributed by atoms with Crippen LogP contribution < -0.4 is 4.90 Å². The Balaban J connectivity index is 1.97. The fraction of sp³-hybridized carbons (Fsp3) is 0.286. The van der Waals surface area contributed by atoms with Crippen LogP contribution in [0.4, 0.5) is 5.69 Å². The molecule has 4 nitrogen and oxygen atoms in total. The number of anilines is 1. The summed E-state index contributed by atoms with van der Waals surface area (Å²) in [5, 5.41) is 19.1. The average Bonchev–Trinajstić information content (AvgIpc) is 2.79.